The van der Waals surface area contributed by atoms with E-state index in [0.717, 1.165) is 25.3 Å². The van der Waals surface area contributed by atoms with E-state index in [1.165, 1.54) is 29.5 Å². The first-order chi connectivity index (χ1) is 8.27. The highest BCUT2D eigenvalue weighted by Gasteiger charge is 2.23. The van der Waals surface area contributed by atoms with Crippen LogP contribution in [-0.4, -0.2) is 13.2 Å². The topological polar surface area (TPSA) is 21.3 Å². The van der Waals surface area contributed by atoms with Crippen molar-refractivity contribution in [3.63, 3.8) is 0 Å². The predicted molar refractivity (Wildman–Crippen MR) is 71.7 cm³/mol. The van der Waals surface area contributed by atoms with Gasteiger partial charge in [0.05, 0.1) is 6.61 Å². The summed E-state index contributed by atoms with van der Waals surface area (Å²) in [6, 6.07) is 4.84. The fourth-order valence-corrected chi connectivity index (χ4v) is 2.87. The quantitative estimate of drug-likeness (QED) is 0.860. The molecular formula is C15H23NO. The van der Waals surface area contributed by atoms with E-state index in [-0.39, 0.29) is 0 Å². The minimum atomic E-state index is 0.518. The molecule has 0 heterocycles. The molecule has 17 heavy (non-hydrogen) atoms. The molecule has 2 nitrogen and oxygen atoms in total. The van der Waals surface area contributed by atoms with Gasteiger partial charge in [0.1, 0.15) is 5.75 Å². The Kier molecular flexibility index (Phi) is 4.06. The molecule has 0 amide bonds. The van der Waals surface area contributed by atoms with Gasteiger partial charge in [0.25, 0.3) is 0 Å². The summed E-state index contributed by atoms with van der Waals surface area (Å²) >= 11 is 0. The summed E-state index contributed by atoms with van der Waals surface area (Å²) in [6.07, 6.45) is 3.67. The van der Waals surface area contributed by atoms with Crippen molar-refractivity contribution in [2.75, 3.05) is 13.2 Å². The summed E-state index contributed by atoms with van der Waals surface area (Å²) in [5.41, 5.74) is 4.32. The molecule has 0 radical (unpaired) electrons. The molecule has 1 N–H and O–H groups in total. The molecule has 94 valence electrons. The van der Waals surface area contributed by atoms with Crippen LogP contribution in [0.4, 0.5) is 0 Å². The molecule has 1 unspecified atom stereocenters. The van der Waals surface area contributed by atoms with E-state index in [9.17, 15) is 0 Å². The molecule has 0 bridgehead atoms. The molecule has 0 aliphatic heterocycles. The molecule has 0 aromatic heterocycles. The van der Waals surface area contributed by atoms with Crippen molar-refractivity contribution in [1.82, 2.24) is 5.32 Å². The maximum absolute atomic E-state index is 5.76. The molecule has 1 aliphatic carbocycles. The fourth-order valence-electron chi connectivity index (χ4n) is 2.87. The zero-order chi connectivity index (χ0) is 12.3. The van der Waals surface area contributed by atoms with Crippen molar-refractivity contribution in [3.8, 4) is 5.75 Å². The van der Waals surface area contributed by atoms with E-state index in [0.29, 0.717) is 6.04 Å². The summed E-state index contributed by atoms with van der Waals surface area (Å²) in [5, 5.41) is 3.60. The highest BCUT2D eigenvalue weighted by atomic mass is 16.5. The van der Waals surface area contributed by atoms with Crippen molar-refractivity contribution >= 4 is 0 Å². The average molecular weight is 233 g/mol. The number of hydrogen-bond acceptors (Lipinski definition) is 2. The normalized spacial score (nSPS) is 18.9. The number of benzene rings is 1. The molecule has 0 saturated heterocycles. The molecule has 1 aromatic carbocycles. The van der Waals surface area contributed by atoms with Gasteiger partial charge in [0.15, 0.2) is 0 Å². The van der Waals surface area contributed by atoms with Crippen LogP contribution in [0.5, 0.6) is 5.75 Å². The molecule has 1 atom stereocenters. The smallest absolute Gasteiger partial charge is 0.122 e. The van der Waals surface area contributed by atoms with Gasteiger partial charge in [-0.3, -0.25) is 0 Å². The third-order valence-corrected chi connectivity index (χ3v) is 3.55. The Labute approximate surface area is 104 Å². The van der Waals surface area contributed by atoms with Crippen LogP contribution in [0.1, 0.15) is 49.4 Å². The number of aryl methyl sites for hydroxylation is 1. The Morgan fingerprint density at radius 3 is 2.88 bits per heavy atom. The predicted octanol–water partition coefficient (Wildman–Crippen LogP) is 3.38. The second kappa shape index (κ2) is 5.54. The Bertz CT molecular complexity index is 387. The van der Waals surface area contributed by atoms with Crippen LogP contribution in [0.2, 0.25) is 0 Å². The lowest BCUT2D eigenvalue weighted by Crippen LogP contribution is -2.26. The summed E-state index contributed by atoms with van der Waals surface area (Å²) < 4.78 is 5.76. The number of nitrogens with one attached hydrogen (secondary N) is 1. The van der Waals surface area contributed by atoms with Gasteiger partial charge in [-0.05, 0) is 62.4 Å². The second-order valence-electron chi connectivity index (χ2n) is 4.71. The van der Waals surface area contributed by atoms with Gasteiger partial charge in [0.2, 0.25) is 0 Å². The van der Waals surface area contributed by atoms with Gasteiger partial charge in [-0.2, -0.15) is 0 Å². The summed E-state index contributed by atoms with van der Waals surface area (Å²) in [4.78, 5) is 0. The Morgan fingerprint density at radius 1 is 1.35 bits per heavy atom. The van der Waals surface area contributed by atoms with E-state index in [1.54, 1.807) is 0 Å². The zero-order valence-electron chi connectivity index (χ0n) is 11.2. The maximum atomic E-state index is 5.76. The summed E-state index contributed by atoms with van der Waals surface area (Å²) in [7, 11) is 0. The van der Waals surface area contributed by atoms with Crippen molar-refractivity contribution < 1.29 is 4.74 Å². The second-order valence-corrected chi connectivity index (χ2v) is 4.71. The summed E-state index contributed by atoms with van der Waals surface area (Å²) in [6.45, 7) is 8.22. The van der Waals surface area contributed by atoms with Crippen LogP contribution < -0.4 is 10.1 Å². The number of fused-ring (bicyclic) bond motifs is 1. The lowest BCUT2D eigenvalue weighted by molar-refractivity contribution is 0.331. The first-order valence-electron chi connectivity index (χ1n) is 6.76. The van der Waals surface area contributed by atoms with Crippen molar-refractivity contribution in [3.05, 3.63) is 28.8 Å². The molecule has 2 heteroatoms. The first-order valence-corrected chi connectivity index (χ1v) is 6.76. The van der Waals surface area contributed by atoms with Crippen molar-refractivity contribution in [2.24, 2.45) is 0 Å². The minimum Gasteiger partial charge on any atom is -0.494 e. The van der Waals surface area contributed by atoms with Crippen molar-refractivity contribution in [1.29, 1.82) is 0 Å². The van der Waals surface area contributed by atoms with Crippen LogP contribution in [0.25, 0.3) is 0 Å². The Hall–Kier alpha value is -1.02. The van der Waals surface area contributed by atoms with Gasteiger partial charge < -0.3 is 10.1 Å². The number of hydrogen-bond donors (Lipinski definition) is 1. The lowest BCUT2D eigenvalue weighted by Gasteiger charge is -2.29. The first kappa shape index (κ1) is 12.4. The van der Waals surface area contributed by atoms with Gasteiger partial charge in [-0.1, -0.05) is 13.0 Å². The molecule has 2 rings (SSSR count). The summed E-state index contributed by atoms with van der Waals surface area (Å²) in [5.74, 6) is 1.09. The molecule has 0 saturated carbocycles. The largest absolute Gasteiger partial charge is 0.494 e. The number of ether oxygens (including phenoxy) is 1. The van der Waals surface area contributed by atoms with E-state index in [4.69, 9.17) is 4.74 Å². The third-order valence-electron chi connectivity index (χ3n) is 3.55. The van der Waals surface area contributed by atoms with E-state index in [1.807, 2.05) is 0 Å². The SMILES string of the molecule is CCNC1CCCc2c(OCC)ccc(C)c21. The van der Waals surface area contributed by atoms with Gasteiger partial charge in [-0.25, -0.2) is 0 Å². The maximum Gasteiger partial charge on any atom is 0.122 e. The van der Waals surface area contributed by atoms with Gasteiger partial charge >= 0.3 is 0 Å². The average Bonchev–Trinajstić information content (AvgIpc) is 2.33. The molecule has 0 spiro atoms. The Balaban J connectivity index is 2.41. The molecule has 1 aliphatic rings. The van der Waals surface area contributed by atoms with Crippen LogP contribution in [0, 0.1) is 6.92 Å². The fraction of sp³-hybridized carbons (Fsp3) is 0.600. The highest BCUT2D eigenvalue weighted by molar-refractivity contribution is 5.47. The van der Waals surface area contributed by atoms with E-state index < -0.39 is 0 Å². The lowest BCUT2D eigenvalue weighted by atomic mass is 9.84. The Morgan fingerprint density at radius 2 is 2.18 bits per heavy atom. The van der Waals surface area contributed by atoms with Crippen LogP contribution in [0.3, 0.4) is 0 Å². The third kappa shape index (κ3) is 2.47. The van der Waals surface area contributed by atoms with Crippen LogP contribution in [-0.2, 0) is 6.42 Å². The standard InChI is InChI=1S/C15H23NO/c1-4-16-13-8-6-7-12-14(17-5-2)10-9-11(3)15(12)13/h9-10,13,16H,4-8H2,1-3H3. The van der Waals surface area contributed by atoms with Gasteiger partial charge in [0, 0.05) is 6.04 Å². The molecule has 1 aromatic rings. The molecule has 0 fully saturated rings. The van der Waals surface area contributed by atoms with Crippen LogP contribution >= 0.6 is 0 Å². The highest BCUT2D eigenvalue weighted by Crippen LogP contribution is 2.37. The van der Waals surface area contributed by atoms with E-state index in [2.05, 4.69) is 38.2 Å². The van der Waals surface area contributed by atoms with Gasteiger partial charge in [-0.15, -0.1) is 0 Å². The van der Waals surface area contributed by atoms with Crippen molar-refractivity contribution in [2.45, 2.75) is 46.1 Å². The van der Waals surface area contributed by atoms with Crippen LogP contribution in [0.15, 0.2) is 12.1 Å². The molecular weight excluding hydrogens is 210 g/mol. The van der Waals surface area contributed by atoms with E-state index >= 15 is 0 Å². The number of rotatable bonds is 4. The zero-order valence-corrected chi connectivity index (χ0v) is 11.2. The monoisotopic (exact) mass is 233 g/mol. The minimum absolute atomic E-state index is 0.518.